The van der Waals surface area contributed by atoms with Crippen molar-refractivity contribution < 1.29 is 8.42 Å². The van der Waals surface area contributed by atoms with Crippen molar-refractivity contribution in [3.05, 3.63) is 59.8 Å². The molecule has 36 heavy (non-hydrogen) atoms. The van der Waals surface area contributed by atoms with E-state index in [1.807, 2.05) is 18.3 Å². The number of aromatic nitrogens is 3. The van der Waals surface area contributed by atoms with Gasteiger partial charge in [0.15, 0.2) is 5.65 Å². The van der Waals surface area contributed by atoms with Gasteiger partial charge in [0.05, 0.1) is 10.6 Å². The first-order valence-electron chi connectivity index (χ1n) is 12.1. The van der Waals surface area contributed by atoms with Crippen molar-refractivity contribution in [1.82, 2.24) is 24.4 Å². The molecule has 4 aromatic rings. The Balaban J connectivity index is 1.50. The lowest BCUT2D eigenvalue weighted by Gasteiger charge is -2.36. The van der Waals surface area contributed by atoms with E-state index in [1.54, 1.807) is 12.1 Å². The summed E-state index contributed by atoms with van der Waals surface area (Å²) in [5, 5.41) is 9.88. The first-order chi connectivity index (χ1) is 17.1. The minimum Gasteiger partial charge on any atom is -0.369 e. The average Bonchev–Trinajstić information content (AvgIpc) is 3.28. The van der Waals surface area contributed by atoms with Crippen molar-refractivity contribution in [1.29, 1.82) is 0 Å². The van der Waals surface area contributed by atoms with E-state index >= 15 is 0 Å². The molecule has 0 aliphatic carbocycles. The molecule has 0 amide bonds. The van der Waals surface area contributed by atoms with Crippen LogP contribution in [-0.2, 0) is 10.0 Å². The monoisotopic (exact) mass is 504 g/mol. The van der Waals surface area contributed by atoms with Gasteiger partial charge in [-0.25, -0.2) is 12.7 Å². The minimum atomic E-state index is -3.47. The third-order valence-electron chi connectivity index (χ3n) is 6.99. The number of aromatic amines is 1. The molecule has 0 radical (unpaired) electrons. The van der Waals surface area contributed by atoms with Gasteiger partial charge in [-0.05, 0) is 67.9 Å². The predicted molar refractivity (Wildman–Crippen MR) is 145 cm³/mol. The van der Waals surface area contributed by atoms with E-state index < -0.39 is 10.0 Å². The van der Waals surface area contributed by atoms with E-state index in [-0.39, 0.29) is 4.90 Å². The zero-order valence-corrected chi connectivity index (χ0v) is 22.2. The predicted octanol–water partition coefficient (Wildman–Crippen LogP) is 3.91. The third-order valence-corrected chi connectivity index (χ3v) is 8.82. The Kier molecular flexibility index (Phi) is 6.32. The van der Waals surface area contributed by atoms with Crippen LogP contribution in [0.15, 0.2) is 53.6 Å². The summed E-state index contributed by atoms with van der Waals surface area (Å²) < 4.78 is 26.1. The van der Waals surface area contributed by atoms with Crippen molar-refractivity contribution >= 4 is 26.7 Å². The molecule has 0 unspecified atom stereocenters. The normalized spacial score (nSPS) is 15.2. The highest BCUT2D eigenvalue weighted by atomic mass is 32.2. The molecule has 8 nitrogen and oxygen atoms in total. The lowest BCUT2D eigenvalue weighted by atomic mass is 9.99. The van der Waals surface area contributed by atoms with Gasteiger partial charge in [-0.2, -0.15) is 0 Å². The Labute approximate surface area is 212 Å². The van der Waals surface area contributed by atoms with Crippen LogP contribution in [0.25, 0.3) is 33.4 Å². The molecule has 0 bridgehead atoms. The van der Waals surface area contributed by atoms with Crippen molar-refractivity contribution in [2.75, 3.05) is 52.2 Å². The lowest BCUT2D eigenvalue weighted by Crippen LogP contribution is -2.45. The fourth-order valence-electron chi connectivity index (χ4n) is 4.95. The highest BCUT2D eigenvalue weighted by Gasteiger charge is 2.20. The van der Waals surface area contributed by atoms with Crippen LogP contribution in [0.3, 0.4) is 0 Å². The number of hydrogen-bond acceptors (Lipinski definition) is 6. The zero-order chi connectivity index (χ0) is 25.6. The first kappa shape index (κ1) is 24.4. The van der Waals surface area contributed by atoms with E-state index in [0.29, 0.717) is 5.65 Å². The summed E-state index contributed by atoms with van der Waals surface area (Å²) in [5.41, 5.74) is 8.21. The number of benzene rings is 2. The van der Waals surface area contributed by atoms with Gasteiger partial charge in [0.2, 0.25) is 10.0 Å². The van der Waals surface area contributed by atoms with Gasteiger partial charge in [0.1, 0.15) is 0 Å². The SMILES string of the molecule is Cc1cc(-c2cc3c(-c4ccc(S(=O)(=O)N(C)C)cc4)c[nH]c3nn2)cc(C)c1N1CCN(C)CC1. The number of anilines is 1. The van der Waals surface area contributed by atoms with Crippen molar-refractivity contribution in [3.63, 3.8) is 0 Å². The molecule has 9 heteroatoms. The fraction of sp³-hybridized carbons (Fsp3) is 0.333. The molecular formula is C27H32N6O2S. The molecular weight excluding hydrogens is 472 g/mol. The van der Waals surface area contributed by atoms with E-state index in [9.17, 15) is 8.42 Å². The molecule has 1 fully saturated rings. The number of aryl methyl sites for hydroxylation is 2. The molecule has 2 aromatic carbocycles. The summed E-state index contributed by atoms with van der Waals surface area (Å²) in [5.74, 6) is 0. The van der Waals surface area contributed by atoms with Crippen molar-refractivity contribution in [2.45, 2.75) is 18.7 Å². The molecule has 1 saturated heterocycles. The number of hydrogen-bond donors (Lipinski definition) is 1. The first-order valence-corrected chi connectivity index (χ1v) is 13.5. The molecule has 1 aliphatic heterocycles. The standard InChI is InChI=1S/C27H32N6O2S/c1-18-14-21(15-19(2)26(18)33-12-10-32(5)11-13-33)25-16-23-24(17-28-27(23)30-29-25)20-6-8-22(9-7-20)36(34,35)31(3)4/h6-9,14-17H,10-13H2,1-5H3,(H,28,30). The van der Waals surface area contributed by atoms with Crippen LogP contribution < -0.4 is 4.90 Å². The number of H-pyrrole nitrogens is 1. The number of rotatable bonds is 5. The fourth-order valence-corrected chi connectivity index (χ4v) is 5.85. The van der Waals surface area contributed by atoms with Crippen LogP contribution in [0.2, 0.25) is 0 Å². The third kappa shape index (κ3) is 4.38. The van der Waals surface area contributed by atoms with Crippen LogP contribution in [-0.4, -0.2) is 80.1 Å². The van der Waals surface area contributed by atoms with Crippen LogP contribution in [0.4, 0.5) is 5.69 Å². The second-order valence-corrected chi connectivity index (χ2v) is 11.9. The quantitative estimate of drug-likeness (QED) is 0.444. The van der Waals surface area contributed by atoms with Crippen LogP contribution in [0, 0.1) is 13.8 Å². The van der Waals surface area contributed by atoms with Gasteiger partial charge in [-0.1, -0.05) is 12.1 Å². The summed E-state index contributed by atoms with van der Waals surface area (Å²) in [6.07, 6.45) is 1.89. The van der Waals surface area contributed by atoms with Crippen molar-refractivity contribution in [3.8, 4) is 22.4 Å². The summed E-state index contributed by atoms with van der Waals surface area (Å²) in [4.78, 5) is 8.31. The van der Waals surface area contributed by atoms with Gasteiger partial charge >= 0.3 is 0 Å². The van der Waals surface area contributed by atoms with Gasteiger partial charge in [-0.3, -0.25) is 0 Å². The summed E-state index contributed by atoms with van der Waals surface area (Å²) in [6.45, 7) is 8.54. The number of nitrogens with one attached hydrogen (secondary N) is 1. The van der Waals surface area contributed by atoms with Crippen LogP contribution in [0.1, 0.15) is 11.1 Å². The van der Waals surface area contributed by atoms with Gasteiger partial charge in [0.25, 0.3) is 0 Å². The number of likely N-dealkylation sites (N-methyl/N-ethyl adjacent to an activating group) is 1. The minimum absolute atomic E-state index is 0.267. The molecule has 1 N–H and O–H groups in total. The molecule has 1 aliphatic rings. The number of piperazine rings is 1. The summed E-state index contributed by atoms with van der Waals surface area (Å²) >= 11 is 0. The summed E-state index contributed by atoms with van der Waals surface area (Å²) in [7, 11) is 1.76. The van der Waals surface area contributed by atoms with Crippen LogP contribution in [0.5, 0.6) is 0 Å². The smallest absolute Gasteiger partial charge is 0.242 e. The second-order valence-electron chi connectivity index (χ2n) is 9.75. The maximum absolute atomic E-state index is 12.4. The van der Waals surface area contributed by atoms with Gasteiger partial charge in [0, 0.05) is 68.7 Å². The molecule has 3 heterocycles. The topological polar surface area (TPSA) is 85.4 Å². The van der Waals surface area contributed by atoms with E-state index in [4.69, 9.17) is 0 Å². The van der Waals surface area contributed by atoms with Crippen molar-refractivity contribution in [2.24, 2.45) is 0 Å². The Hall–Kier alpha value is -3.27. The molecule has 0 saturated carbocycles. The van der Waals surface area contributed by atoms with Gasteiger partial charge < -0.3 is 14.8 Å². The maximum atomic E-state index is 12.4. The Morgan fingerprint density at radius 3 is 2.14 bits per heavy atom. The van der Waals surface area contributed by atoms with E-state index in [2.05, 4.69) is 64.1 Å². The number of sulfonamides is 1. The number of fused-ring (bicyclic) bond motifs is 1. The largest absolute Gasteiger partial charge is 0.369 e. The Bertz CT molecular complexity index is 1490. The second kappa shape index (κ2) is 9.31. The molecule has 0 spiro atoms. The maximum Gasteiger partial charge on any atom is 0.242 e. The van der Waals surface area contributed by atoms with Crippen LogP contribution >= 0.6 is 0 Å². The van der Waals surface area contributed by atoms with E-state index in [1.165, 1.54) is 35.2 Å². The zero-order valence-electron chi connectivity index (χ0n) is 21.4. The van der Waals surface area contributed by atoms with Gasteiger partial charge in [-0.15, -0.1) is 10.2 Å². The average molecular weight is 505 g/mol. The molecule has 5 rings (SSSR count). The summed E-state index contributed by atoms with van der Waals surface area (Å²) in [6, 6.07) is 13.4. The molecule has 188 valence electrons. The molecule has 0 atom stereocenters. The Morgan fingerprint density at radius 2 is 1.53 bits per heavy atom. The Morgan fingerprint density at radius 1 is 0.889 bits per heavy atom. The molecule has 2 aromatic heterocycles. The highest BCUT2D eigenvalue weighted by Crippen LogP contribution is 2.34. The highest BCUT2D eigenvalue weighted by molar-refractivity contribution is 7.89. The lowest BCUT2D eigenvalue weighted by molar-refractivity contribution is 0.312. The number of nitrogens with zero attached hydrogens (tertiary/aromatic N) is 5. The van der Waals surface area contributed by atoms with E-state index in [0.717, 1.165) is 53.9 Å².